The second-order valence-electron chi connectivity index (χ2n) is 6.63. The van der Waals surface area contributed by atoms with Gasteiger partial charge in [0.15, 0.2) is 5.75 Å². The summed E-state index contributed by atoms with van der Waals surface area (Å²) in [4.78, 5) is 11.5. The number of benzene rings is 2. The van der Waals surface area contributed by atoms with Crippen molar-refractivity contribution in [2.45, 2.75) is 38.0 Å². The molecular weight excluding hydrogens is 326 g/mol. The largest absolute Gasteiger partial charge is 0.378 e. The summed E-state index contributed by atoms with van der Waals surface area (Å²) in [6.07, 6.45) is 0. The highest BCUT2D eigenvalue weighted by molar-refractivity contribution is 7.87. The molecule has 0 saturated carbocycles. The van der Waals surface area contributed by atoms with Gasteiger partial charge in [-0.25, -0.2) is 0 Å². The van der Waals surface area contributed by atoms with Crippen LogP contribution in [-0.4, -0.2) is 14.3 Å². The third-order valence-corrected chi connectivity index (χ3v) is 5.05. The van der Waals surface area contributed by atoms with E-state index < -0.39 is 16.0 Å². The van der Waals surface area contributed by atoms with E-state index in [4.69, 9.17) is 9.92 Å². The van der Waals surface area contributed by atoms with E-state index in [0.29, 0.717) is 5.56 Å². The molecule has 2 rings (SSSR count). The third-order valence-electron chi connectivity index (χ3n) is 3.68. The lowest BCUT2D eigenvalue weighted by Gasteiger charge is -2.20. The van der Waals surface area contributed by atoms with Gasteiger partial charge in [-0.1, -0.05) is 45.0 Å². The SMILES string of the molecule is Cc1ccc(C(C)(C)C)cc1S(=O)(=O)Oc1ccccc1C(N)=O. The van der Waals surface area contributed by atoms with Gasteiger partial charge >= 0.3 is 10.1 Å². The highest BCUT2D eigenvalue weighted by Gasteiger charge is 2.24. The quantitative estimate of drug-likeness (QED) is 0.861. The van der Waals surface area contributed by atoms with Crippen LogP contribution in [0.4, 0.5) is 0 Å². The molecule has 2 aromatic carbocycles. The summed E-state index contributed by atoms with van der Waals surface area (Å²) < 4.78 is 30.6. The topological polar surface area (TPSA) is 86.5 Å². The van der Waals surface area contributed by atoms with Gasteiger partial charge in [0, 0.05) is 0 Å². The lowest BCUT2D eigenvalue weighted by molar-refractivity contribution is 0.0999. The Labute approximate surface area is 142 Å². The Morgan fingerprint density at radius 2 is 1.71 bits per heavy atom. The Balaban J connectivity index is 2.51. The highest BCUT2D eigenvalue weighted by Crippen LogP contribution is 2.29. The Morgan fingerprint density at radius 3 is 2.29 bits per heavy atom. The molecule has 0 heterocycles. The van der Waals surface area contributed by atoms with E-state index in [1.165, 1.54) is 12.1 Å². The number of primary amides is 1. The highest BCUT2D eigenvalue weighted by atomic mass is 32.2. The molecular formula is C18H21NO4S. The molecule has 0 saturated heterocycles. The zero-order chi connectivity index (χ0) is 18.1. The van der Waals surface area contributed by atoms with E-state index in [1.807, 2.05) is 26.8 Å². The van der Waals surface area contributed by atoms with Crippen molar-refractivity contribution < 1.29 is 17.4 Å². The predicted molar refractivity (Wildman–Crippen MR) is 92.7 cm³/mol. The molecule has 0 aliphatic heterocycles. The Hall–Kier alpha value is -2.34. The standard InChI is InChI=1S/C18H21NO4S/c1-12-9-10-13(18(2,3)4)11-16(12)24(21,22)23-15-8-6-5-7-14(15)17(19)20/h5-11H,1-4H3,(H2,19,20). The van der Waals surface area contributed by atoms with Crippen LogP contribution in [0, 0.1) is 6.92 Å². The first-order valence-corrected chi connectivity index (χ1v) is 8.87. The van der Waals surface area contributed by atoms with E-state index in [1.54, 1.807) is 31.2 Å². The second-order valence-corrected chi connectivity index (χ2v) is 8.14. The van der Waals surface area contributed by atoms with Crippen molar-refractivity contribution in [3.8, 4) is 5.75 Å². The number of hydrogen-bond acceptors (Lipinski definition) is 4. The van der Waals surface area contributed by atoms with E-state index in [2.05, 4.69) is 0 Å². The van der Waals surface area contributed by atoms with Crippen LogP contribution in [0.5, 0.6) is 5.75 Å². The summed E-state index contributed by atoms with van der Waals surface area (Å²) in [5, 5.41) is 0. The summed E-state index contributed by atoms with van der Waals surface area (Å²) >= 11 is 0. The summed E-state index contributed by atoms with van der Waals surface area (Å²) in [6.45, 7) is 7.69. The van der Waals surface area contributed by atoms with E-state index in [-0.39, 0.29) is 21.6 Å². The van der Waals surface area contributed by atoms with E-state index in [0.717, 1.165) is 5.56 Å². The summed E-state index contributed by atoms with van der Waals surface area (Å²) in [7, 11) is -4.09. The number of aryl methyl sites for hydroxylation is 1. The number of para-hydroxylation sites is 1. The van der Waals surface area contributed by atoms with Crippen LogP contribution in [0.1, 0.15) is 42.3 Å². The summed E-state index contributed by atoms with van der Waals surface area (Å²) in [6, 6.07) is 11.2. The van der Waals surface area contributed by atoms with Gasteiger partial charge in [0.1, 0.15) is 4.90 Å². The smallest absolute Gasteiger partial charge is 0.339 e. The second kappa shape index (κ2) is 6.28. The fourth-order valence-corrected chi connectivity index (χ4v) is 3.45. The molecule has 0 bridgehead atoms. The maximum atomic E-state index is 12.7. The molecule has 0 spiro atoms. The average Bonchev–Trinajstić information content (AvgIpc) is 2.46. The van der Waals surface area contributed by atoms with Gasteiger partial charge in [0.25, 0.3) is 5.91 Å². The Morgan fingerprint density at radius 1 is 1.08 bits per heavy atom. The number of rotatable bonds is 4. The van der Waals surface area contributed by atoms with Gasteiger partial charge in [-0.3, -0.25) is 4.79 Å². The Kier molecular flexibility index (Phi) is 4.71. The molecule has 24 heavy (non-hydrogen) atoms. The van der Waals surface area contributed by atoms with Gasteiger partial charge in [-0.2, -0.15) is 8.42 Å². The minimum absolute atomic E-state index is 0.0192. The minimum atomic E-state index is -4.09. The zero-order valence-corrected chi connectivity index (χ0v) is 15.0. The van der Waals surface area contributed by atoms with Crippen LogP contribution in [-0.2, 0) is 15.5 Å². The predicted octanol–water partition coefficient (Wildman–Crippen LogP) is 3.16. The van der Waals surface area contributed by atoms with Crippen LogP contribution in [0.3, 0.4) is 0 Å². The average molecular weight is 347 g/mol. The van der Waals surface area contributed by atoms with Gasteiger partial charge < -0.3 is 9.92 Å². The fourth-order valence-electron chi connectivity index (χ4n) is 2.24. The number of carbonyl (C=O) groups is 1. The van der Waals surface area contributed by atoms with Crippen LogP contribution < -0.4 is 9.92 Å². The molecule has 0 aliphatic carbocycles. The molecule has 128 valence electrons. The van der Waals surface area contributed by atoms with Crippen LogP contribution in [0.25, 0.3) is 0 Å². The first-order chi connectivity index (χ1) is 11.0. The summed E-state index contributed by atoms with van der Waals surface area (Å²) in [5.41, 5.74) is 6.53. The van der Waals surface area contributed by atoms with Crippen LogP contribution in [0.15, 0.2) is 47.4 Å². The van der Waals surface area contributed by atoms with Crippen molar-refractivity contribution in [3.63, 3.8) is 0 Å². The first kappa shape index (κ1) is 18.0. The normalized spacial score (nSPS) is 12.0. The lowest BCUT2D eigenvalue weighted by atomic mass is 9.87. The molecule has 0 fully saturated rings. The van der Waals surface area contributed by atoms with Crippen molar-refractivity contribution in [3.05, 3.63) is 59.2 Å². The number of amides is 1. The maximum absolute atomic E-state index is 12.7. The van der Waals surface area contributed by atoms with Crippen molar-refractivity contribution in [1.82, 2.24) is 0 Å². The zero-order valence-electron chi connectivity index (χ0n) is 14.2. The first-order valence-electron chi connectivity index (χ1n) is 7.47. The molecule has 1 amide bonds. The molecule has 0 aliphatic rings. The van der Waals surface area contributed by atoms with Crippen LogP contribution >= 0.6 is 0 Å². The van der Waals surface area contributed by atoms with Gasteiger partial charge in [0.05, 0.1) is 5.56 Å². The van der Waals surface area contributed by atoms with E-state index in [9.17, 15) is 13.2 Å². The molecule has 0 atom stereocenters. The molecule has 0 radical (unpaired) electrons. The van der Waals surface area contributed by atoms with E-state index >= 15 is 0 Å². The fraction of sp³-hybridized carbons (Fsp3) is 0.278. The molecule has 6 heteroatoms. The van der Waals surface area contributed by atoms with Crippen molar-refractivity contribution in [1.29, 1.82) is 0 Å². The van der Waals surface area contributed by atoms with Gasteiger partial charge in [0.2, 0.25) is 0 Å². The molecule has 0 aromatic heterocycles. The summed E-state index contributed by atoms with van der Waals surface area (Å²) in [5.74, 6) is -0.827. The Bertz CT molecular complexity index is 880. The molecule has 2 N–H and O–H groups in total. The van der Waals surface area contributed by atoms with Crippen molar-refractivity contribution >= 4 is 16.0 Å². The number of nitrogens with two attached hydrogens (primary N) is 1. The lowest BCUT2D eigenvalue weighted by Crippen LogP contribution is -2.18. The van der Waals surface area contributed by atoms with Crippen molar-refractivity contribution in [2.24, 2.45) is 5.73 Å². The monoisotopic (exact) mass is 347 g/mol. The third kappa shape index (κ3) is 3.76. The van der Waals surface area contributed by atoms with Crippen LogP contribution in [0.2, 0.25) is 0 Å². The number of hydrogen-bond donors (Lipinski definition) is 1. The minimum Gasteiger partial charge on any atom is -0.378 e. The van der Waals surface area contributed by atoms with Crippen molar-refractivity contribution in [2.75, 3.05) is 0 Å². The molecule has 2 aromatic rings. The van der Waals surface area contributed by atoms with Gasteiger partial charge in [-0.15, -0.1) is 0 Å². The van der Waals surface area contributed by atoms with Gasteiger partial charge in [-0.05, 0) is 41.7 Å². The number of carbonyl (C=O) groups excluding carboxylic acids is 1. The molecule has 0 unspecified atom stereocenters. The molecule has 5 nitrogen and oxygen atoms in total. The maximum Gasteiger partial charge on any atom is 0.339 e.